The smallest absolute Gasteiger partial charge is 0.264 e. The minimum atomic E-state index is -0.308. The summed E-state index contributed by atoms with van der Waals surface area (Å²) in [6.45, 7) is 4.29. The number of aromatic nitrogens is 2. The molecule has 3 aromatic rings. The van der Waals surface area contributed by atoms with Crippen LogP contribution < -0.4 is 14.8 Å². The number of aryl methyl sites for hydroxylation is 1. The molecule has 0 bridgehead atoms. The Morgan fingerprint density at radius 1 is 1.15 bits per heavy atom. The van der Waals surface area contributed by atoms with E-state index < -0.39 is 0 Å². The van der Waals surface area contributed by atoms with Crippen LogP contribution in [-0.4, -0.2) is 28.5 Å². The molecule has 0 aliphatic carbocycles. The Morgan fingerprint density at radius 2 is 1.89 bits per heavy atom. The van der Waals surface area contributed by atoms with Crippen molar-refractivity contribution in [2.45, 2.75) is 13.8 Å². The van der Waals surface area contributed by atoms with E-state index in [2.05, 4.69) is 14.7 Å². The lowest BCUT2D eigenvalue weighted by Gasteiger charge is -2.07. The first-order valence-corrected chi connectivity index (χ1v) is 9.46. The summed E-state index contributed by atoms with van der Waals surface area (Å²) in [5.74, 6) is 1.61. The average Bonchev–Trinajstić information content (AvgIpc) is 3.12. The van der Waals surface area contributed by atoms with Gasteiger partial charge in [0, 0.05) is 22.1 Å². The van der Waals surface area contributed by atoms with Crippen molar-refractivity contribution in [1.29, 1.82) is 0 Å². The molecule has 8 heteroatoms. The van der Waals surface area contributed by atoms with Gasteiger partial charge in [-0.1, -0.05) is 11.6 Å². The van der Waals surface area contributed by atoms with Crippen molar-refractivity contribution in [3.63, 3.8) is 0 Å². The molecule has 140 valence electrons. The third kappa shape index (κ3) is 5.18. The van der Waals surface area contributed by atoms with Crippen molar-refractivity contribution in [1.82, 2.24) is 9.36 Å². The Morgan fingerprint density at radius 3 is 2.59 bits per heavy atom. The van der Waals surface area contributed by atoms with Crippen LogP contribution in [0, 0.1) is 6.92 Å². The Hall–Kier alpha value is -2.64. The highest BCUT2D eigenvalue weighted by Crippen LogP contribution is 2.24. The number of ether oxygens (including phenoxy) is 2. The van der Waals surface area contributed by atoms with Crippen LogP contribution in [0.3, 0.4) is 0 Å². The maximum atomic E-state index is 12.1. The summed E-state index contributed by atoms with van der Waals surface area (Å²) in [5, 5.41) is 3.76. The molecule has 6 nitrogen and oxygen atoms in total. The summed E-state index contributed by atoms with van der Waals surface area (Å²) in [6, 6.07) is 12.7. The number of carbonyl (C=O) groups is 1. The van der Waals surface area contributed by atoms with Gasteiger partial charge in [0.25, 0.3) is 5.91 Å². The van der Waals surface area contributed by atoms with Crippen molar-refractivity contribution in [2.24, 2.45) is 0 Å². The third-order valence-corrected chi connectivity index (χ3v) is 4.65. The van der Waals surface area contributed by atoms with E-state index in [9.17, 15) is 4.79 Å². The first kappa shape index (κ1) is 19.1. The van der Waals surface area contributed by atoms with E-state index in [1.54, 1.807) is 18.2 Å². The van der Waals surface area contributed by atoms with Crippen molar-refractivity contribution >= 4 is 34.2 Å². The molecule has 0 unspecified atom stereocenters. The zero-order chi connectivity index (χ0) is 19.2. The largest absolute Gasteiger partial charge is 0.494 e. The number of hydrogen-bond acceptors (Lipinski definition) is 6. The summed E-state index contributed by atoms with van der Waals surface area (Å²) in [5.41, 5.74) is 1.74. The van der Waals surface area contributed by atoms with Gasteiger partial charge in [0.05, 0.1) is 6.61 Å². The van der Waals surface area contributed by atoms with Crippen LogP contribution in [0.15, 0.2) is 42.5 Å². The number of halogens is 1. The number of anilines is 1. The molecule has 0 aliphatic rings. The molecule has 1 aromatic heterocycles. The number of hydrogen-bond donors (Lipinski definition) is 1. The van der Waals surface area contributed by atoms with Crippen molar-refractivity contribution < 1.29 is 14.3 Å². The zero-order valence-electron chi connectivity index (χ0n) is 14.9. The lowest BCUT2D eigenvalue weighted by Crippen LogP contribution is -2.20. The molecule has 1 heterocycles. The monoisotopic (exact) mass is 403 g/mol. The van der Waals surface area contributed by atoms with Gasteiger partial charge in [-0.15, -0.1) is 0 Å². The SMILES string of the molecule is CCOc1ccc(-c2nsc(NC(=O)COc3ccc(Cl)c(C)c3)n2)cc1. The van der Waals surface area contributed by atoms with Gasteiger partial charge < -0.3 is 9.47 Å². The van der Waals surface area contributed by atoms with Crippen LogP contribution in [0.2, 0.25) is 5.02 Å². The van der Waals surface area contributed by atoms with E-state index in [0.29, 0.717) is 28.3 Å². The number of nitrogens with one attached hydrogen (secondary N) is 1. The van der Waals surface area contributed by atoms with Gasteiger partial charge in [-0.2, -0.15) is 9.36 Å². The second-order valence-corrected chi connectivity index (χ2v) is 6.79. The third-order valence-electron chi connectivity index (χ3n) is 3.60. The molecule has 1 amide bonds. The first-order chi connectivity index (χ1) is 13.0. The van der Waals surface area contributed by atoms with Crippen LogP contribution >= 0.6 is 23.1 Å². The van der Waals surface area contributed by atoms with E-state index >= 15 is 0 Å². The molecule has 0 atom stereocenters. The van der Waals surface area contributed by atoms with E-state index in [-0.39, 0.29) is 12.5 Å². The second kappa shape index (κ2) is 8.83. The molecule has 0 spiro atoms. The molecule has 27 heavy (non-hydrogen) atoms. The molecule has 0 saturated heterocycles. The molecular weight excluding hydrogens is 386 g/mol. The molecule has 2 aromatic carbocycles. The number of benzene rings is 2. The van der Waals surface area contributed by atoms with Gasteiger partial charge in [0.2, 0.25) is 5.13 Å². The summed E-state index contributed by atoms with van der Waals surface area (Å²) in [6.07, 6.45) is 0. The Balaban J connectivity index is 1.56. The number of amides is 1. The molecular formula is C19H18ClN3O3S. The summed E-state index contributed by atoms with van der Waals surface area (Å²) < 4.78 is 15.2. The molecule has 0 fully saturated rings. The van der Waals surface area contributed by atoms with Gasteiger partial charge in [-0.05, 0) is 61.9 Å². The minimum Gasteiger partial charge on any atom is -0.494 e. The normalized spacial score (nSPS) is 10.5. The summed E-state index contributed by atoms with van der Waals surface area (Å²) in [4.78, 5) is 16.4. The predicted molar refractivity (Wildman–Crippen MR) is 107 cm³/mol. The highest BCUT2D eigenvalue weighted by molar-refractivity contribution is 7.10. The van der Waals surface area contributed by atoms with Crippen LogP contribution in [0.1, 0.15) is 12.5 Å². The predicted octanol–water partition coefficient (Wildman–Crippen LogP) is 4.58. The molecule has 0 radical (unpaired) electrons. The topological polar surface area (TPSA) is 73.3 Å². The van der Waals surface area contributed by atoms with Crippen molar-refractivity contribution in [3.05, 3.63) is 53.1 Å². The van der Waals surface area contributed by atoms with E-state index in [1.807, 2.05) is 38.1 Å². The minimum absolute atomic E-state index is 0.126. The van der Waals surface area contributed by atoms with E-state index in [0.717, 1.165) is 28.4 Å². The lowest BCUT2D eigenvalue weighted by molar-refractivity contribution is -0.118. The average molecular weight is 404 g/mol. The molecule has 1 N–H and O–H groups in total. The van der Waals surface area contributed by atoms with Crippen LogP contribution in [0.25, 0.3) is 11.4 Å². The van der Waals surface area contributed by atoms with Crippen LogP contribution in [0.4, 0.5) is 5.13 Å². The van der Waals surface area contributed by atoms with Crippen molar-refractivity contribution in [2.75, 3.05) is 18.5 Å². The Kier molecular flexibility index (Phi) is 6.26. The summed E-state index contributed by atoms with van der Waals surface area (Å²) in [7, 11) is 0. The Labute approximate surface area is 166 Å². The second-order valence-electron chi connectivity index (χ2n) is 5.63. The zero-order valence-corrected chi connectivity index (χ0v) is 16.4. The highest BCUT2D eigenvalue weighted by atomic mass is 35.5. The molecule has 0 saturated carbocycles. The standard InChI is InChI=1S/C19H18ClN3O3S/c1-3-25-14-6-4-13(5-7-14)18-22-19(27-23-18)21-17(24)11-26-15-8-9-16(20)12(2)10-15/h4-10H,3,11H2,1-2H3,(H,21,22,23,24). The first-order valence-electron chi connectivity index (χ1n) is 8.31. The van der Waals surface area contributed by atoms with Gasteiger partial charge in [-0.25, -0.2) is 0 Å². The lowest BCUT2D eigenvalue weighted by atomic mass is 10.2. The van der Waals surface area contributed by atoms with Crippen LogP contribution in [0.5, 0.6) is 11.5 Å². The number of nitrogens with zero attached hydrogens (tertiary/aromatic N) is 2. The fourth-order valence-electron chi connectivity index (χ4n) is 2.27. The molecule has 0 aliphatic heterocycles. The van der Waals surface area contributed by atoms with Gasteiger partial charge in [0.15, 0.2) is 12.4 Å². The van der Waals surface area contributed by atoms with Gasteiger partial charge >= 0.3 is 0 Å². The highest BCUT2D eigenvalue weighted by Gasteiger charge is 2.11. The molecule has 3 rings (SSSR count). The van der Waals surface area contributed by atoms with E-state index in [4.69, 9.17) is 21.1 Å². The Bertz CT molecular complexity index is 928. The van der Waals surface area contributed by atoms with Gasteiger partial charge in [-0.3, -0.25) is 10.1 Å². The fourth-order valence-corrected chi connectivity index (χ4v) is 2.99. The maximum absolute atomic E-state index is 12.1. The van der Waals surface area contributed by atoms with E-state index in [1.165, 1.54) is 0 Å². The summed E-state index contributed by atoms with van der Waals surface area (Å²) >= 11 is 7.09. The van der Waals surface area contributed by atoms with Crippen molar-refractivity contribution in [3.8, 4) is 22.9 Å². The van der Waals surface area contributed by atoms with Crippen LogP contribution in [-0.2, 0) is 4.79 Å². The fraction of sp³-hybridized carbons (Fsp3) is 0.211. The quantitative estimate of drug-likeness (QED) is 0.624. The maximum Gasteiger partial charge on any atom is 0.264 e. The number of rotatable bonds is 7. The van der Waals surface area contributed by atoms with Gasteiger partial charge in [0.1, 0.15) is 11.5 Å². The number of carbonyl (C=O) groups excluding carboxylic acids is 1.